The van der Waals surface area contributed by atoms with E-state index < -0.39 is 5.82 Å². The third-order valence-electron chi connectivity index (χ3n) is 2.35. The molecule has 2 aromatic rings. The van der Waals surface area contributed by atoms with E-state index in [-0.39, 0.29) is 11.5 Å². The van der Waals surface area contributed by atoms with Crippen molar-refractivity contribution < 1.29 is 4.39 Å². The summed E-state index contributed by atoms with van der Waals surface area (Å²) >= 11 is 0. The van der Waals surface area contributed by atoms with E-state index in [2.05, 4.69) is 9.97 Å². The number of nitrogen functional groups attached to an aromatic ring is 1. The molecule has 82 valence electrons. The summed E-state index contributed by atoms with van der Waals surface area (Å²) in [6, 6.07) is 7.68. The molecule has 0 bridgehead atoms. The summed E-state index contributed by atoms with van der Waals surface area (Å²) in [6.07, 6.45) is 0. The lowest BCUT2D eigenvalue weighted by Gasteiger charge is -2.04. The van der Waals surface area contributed by atoms with Crippen molar-refractivity contribution >= 4 is 5.82 Å². The van der Waals surface area contributed by atoms with Crippen molar-refractivity contribution in [1.82, 2.24) is 9.97 Å². The molecule has 2 rings (SSSR count). The molecule has 0 amide bonds. The molecule has 0 saturated carbocycles. The number of nitrogens with zero attached hydrogens (tertiary/aromatic N) is 2. The lowest BCUT2D eigenvalue weighted by atomic mass is 10.1. The Morgan fingerprint density at radius 2 is 1.69 bits per heavy atom. The Morgan fingerprint density at radius 1 is 1.06 bits per heavy atom. The van der Waals surface area contributed by atoms with Crippen LogP contribution in [0.2, 0.25) is 0 Å². The number of aromatic nitrogens is 2. The molecule has 0 radical (unpaired) electrons. The number of benzene rings is 1. The van der Waals surface area contributed by atoms with Gasteiger partial charge in [0.1, 0.15) is 0 Å². The normalized spacial score (nSPS) is 10.4. The summed E-state index contributed by atoms with van der Waals surface area (Å²) < 4.78 is 13.2. The van der Waals surface area contributed by atoms with E-state index in [0.717, 1.165) is 11.1 Å². The van der Waals surface area contributed by atoms with E-state index in [1.807, 2.05) is 31.2 Å². The van der Waals surface area contributed by atoms with E-state index in [1.165, 1.54) is 0 Å². The highest BCUT2D eigenvalue weighted by atomic mass is 19.1. The molecule has 0 aliphatic carbocycles. The van der Waals surface area contributed by atoms with Crippen LogP contribution >= 0.6 is 0 Å². The van der Waals surface area contributed by atoms with Crippen LogP contribution in [0.3, 0.4) is 0 Å². The fourth-order valence-corrected chi connectivity index (χ4v) is 1.41. The van der Waals surface area contributed by atoms with Gasteiger partial charge in [0.15, 0.2) is 17.5 Å². The molecule has 4 heteroatoms. The van der Waals surface area contributed by atoms with Crippen molar-refractivity contribution in [2.45, 2.75) is 13.8 Å². The Bertz CT molecular complexity index is 497. The highest BCUT2D eigenvalue weighted by Crippen LogP contribution is 2.19. The average Bonchev–Trinajstić information content (AvgIpc) is 2.26. The van der Waals surface area contributed by atoms with Crippen molar-refractivity contribution in [2.75, 3.05) is 5.73 Å². The summed E-state index contributed by atoms with van der Waals surface area (Å²) in [4.78, 5) is 7.99. The Balaban J connectivity index is 2.52. The zero-order chi connectivity index (χ0) is 11.7. The molecule has 0 aliphatic heterocycles. The Morgan fingerprint density at radius 3 is 2.25 bits per heavy atom. The predicted octanol–water partition coefficient (Wildman–Crippen LogP) is 2.48. The zero-order valence-electron chi connectivity index (χ0n) is 9.16. The van der Waals surface area contributed by atoms with Gasteiger partial charge in [-0.3, -0.25) is 0 Å². The standard InChI is InChI=1S/C12H12FN3/c1-7-3-5-9(6-4-7)12-15-8(2)10(13)11(14)16-12/h3-6H,1-2H3,(H2,14,15,16). The molecule has 2 N–H and O–H groups in total. The van der Waals surface area contributed by atoms with Crippen molar-refractivity contribution in [3.8, 4) is 11.4 Å². The summed E-state index contributed by atoms with van der Waals surface area (Å²) in [7, 11) is 0. The second-order valence-electron chi connectivity index (χ2n) is 3.70. The molecule has 1 aromatic carbocycles. The topological polar surface area (TPSA) is 51.8 Å². The monoisotopic (exact) mass is 217 g/mol. The molecule has 0 atom stereocenters. The summed E-state index contributed by atoms with van der Waals surface area (Å²) in [5.74, 6) is -0.199. The highest BCUT2D eigenvalue weighted by Gasteiger charge is 2.09. The zero-order valence-corrected chi connectivity index (χ0v) is 9.16. The maximum atomic E-state index is 13.2. The van der Waals surface area contributed by atoms with Gasteiger partial charge >= 0.3 is 0 Å². The predicted molar refractivity (Wildman–Crippen MR) is 61.3 cm³/mol. The third kappa shape index (κ3) is 1.86. The van der Waals surface area contributed by atoms with E-state index in [4.69, 9.17) is 5.73 Å². The second kappa shape index (κ2) is 3.89. The molecule has 1 heterocycles. The van der Waals surface area contributed by atoms with Crippen molar-refractivity contribution in [3.63, 3.8) is 0 Å². The minimum Gasteiger partial charge on any atom is -0.381 e. The van der Waals surface area contributed by atoms with Crippen LogP contribution < -0.4 is 5.73 Å². The molecule has 16 heavy (non-hydrogen) atoms. The molecule has 0 spiro atoms. The first-order chi connectivity index (χ1) is 7.58. The van der Waals surface area contributed by atoms with Gasteiger partial charge in [0, 0.05) is 5.56 Å². The minimum atomic E-state index is -0.545. The Labute approximate surface area is 93.2 Å². The lowest BCUT2D eigenvalue weighted by molar-refractivity contribution is 0.608. The van der Waals surface area contributed by atoms with Gasteiger partial charge in [0.25, 0.3) is 0 Å². The Hall–Kier alpha value is -1.97. The first kappa shape index (κ1) is 10.5. The molecule has 0 aliphatic rings. The summed E-state index contributed by atoms with van der Waals surface area (Å²) in [5, 5.41) is 0. The maximum Gasteiger partial charge on any atom is 0.186 e. The molecular weight excluding hydrogens is 205 g/mol. The molecule has 0 saturated heterocycles. The van der Waals surface area contributed by atoms with Gasteiger partial charge < -0.3 is 5.73 Å². The fraction of sp³-hybridized carbons (Fsp3) is 0.167. The van der Waals surface area contributed by atoms with Crippen LogP contribution in [0.1, 0.15) is 11.3 Å². The fourth-order valence-electron chi connectivity index (χ4n) is 1.41. The largest absolute Gasteiger partial charge is 0.381 e. The van der Waals surface area contributed by atoms with E-state index >= 15 is 0 Å². The minimum absolute atomic E-state index is 0.108. The van der Waals surface area contributed by atoms with E-state index in [1.54, 1.807) is 6.92 Å². The second-order valence-corrected chi connectivity index (χ2v) is 3.70. The first-order valence-electron chi connectivity index (χ1n) is 4.94. The molecule has 1 aromatic heterocycles. The van der Waals surface area contributed by atoms with Gasteiger partial charge in [-0.25, -0.2) is 14.4 Å². The van der Waals surface area contributed by atoms with Crippen LogP contribution in [0.15, 0.2) is 24.3 Å². The smallest absolute Gasteiger partial charge is 0.186 e. The van der Waals surface area contributed by atoms with Crippen LogP contribution in [0.25, 0.3) is 11.4 Å². The number of halogens is 1. The van der Waals surface area contributed by atoms with Crippen LogP contribution in [0.5, 0.6) is 0 Å². The number of hydrogen-bond acceptors (Lipinski definition) is 3. The Kier molecular flexibility index (Phi) is 2.56. The van der Waals surface area contributed by atoms with Crippen LogP contribution in [0.4, 0.5) is 10.2 Å². The molecule has 3 nitrogen and oxygen atoms in total. The van der Waals surface area contributed by atoms with E-state index in [0.29, 0.717) is 5.82 Å². The van der Waals surface area contributed by atoms with Gasteiger partial charge in [0.05, 0.1) is 5.69 Å². The van der Waals surface area contributed by atoms with Crippen LogP contribution in [0, 0.1) is 19.7 Å². The van der Waals surface area contributed by atoms with Crippen molar-refractivity contribution in [2.24, 2.45) is 0 Å². The van der Waals surface area contributed by atoms with E-state index in [9.17, 15) is 4.39 Å². The molecule has 0 fully saturated rings. The first-order valence-corrected chi connectivity index (χ1v) is 4.94. The van der Waals surface area contributed by atoms with Crippen molar-refractivity contribution in [1.29, 1.82) is 0 Å². The van der Waals surface area contributed by atoms with Gasteiger partial charge in [-0.15, -0.1) is 0 Å². The molecule has 0 unspecified atom stereocenters. The van der Waals surface area contributed by atoms with Crippen molar-refractivity contribution in [3.05, 3.63) is 41.3 Å². The van der Waals surface area contributed by atoms with Crippen LogP contribution in [-0.2, 0) is 0 Å². The number of nitrogens with two attached hydrogens (primary N) is 1. The number of hydrogen-bond donors (Lipinski definition) is 1. The highest BCUT2D eigenvalue weighted by molar-refractivity contribution is 5.57. The number of rotatable bonds is 1. The van der Waals surface area contributed by atoms with Gasteiger partial charge in [-0.1, -0.05) is 29.8 Å². The average molecular weight is 217 g/mol. The van der Waals surface area contributed by atoms with Crippen LogP contribution in [-0.4, -0.2) is 9.97 Å². The van der Waals surface area contributed by atoms with Gasteiger partial charge in [0.2, 0.25) is 0 Å². The third-order valence-corrected chi connectivity index (χ3v) is 2.35. The maximum absolute atomic E-state index is 13.2. The van der Waals surface area contributed by atoms with Gasteiger partial charge in [-0.2, -0.15) is 0 Å². The lowest BCUT2D eigenvalue weighted by Crippen LogP contribution is -2.02. The van der Waals surface area contributed by atoms with Gasteiger partial charge in [-0.05, 0) is 13.8 Å². The number of anilines is 1. The summed E-state index contributed by atoms with van der Waals surface area (Å²) in [6.45, 7) is 3.57. The SMILES string of the molecule is Cc1ccc(-c2nc(C)c(F)c(N)n2)cc1. The quantitative estimate of drug-likeness (QED) is 0.798. The molecular formula is C12H12FN3. The summed E-state index contributed by atoms with van der Waals surface area (Å²) in [5.41, 5.74) is 7.71. The number of aryl methyl sites for hydroxylation is 2.